The van der Waals surface area contributed by atoms with Crippen LogP contribution in [0.5, 0.6) is 0 Å². The van der Waals surface area contributed by atoms with Crippen molar-refractivity contribution in [3.8, 4) is 10.4 Å². The lowest BCUT2D eigenvalue weighted by atomic mass is 9.96. The first-order valence-electron chi connectivity index (χ1n) is 7.25. The Morgan fingerprint density at radius 2 is 1.90 bits per heavy atom. The van der Waals surface area contributed by atoms with Gasteiger partial charge in [-0.1, -0.05) is 31.4 Å². The van der Waals surface area contributed by atoms with Crippen molar-refractivity contribution in [3.05, 3.63) is 41.3 Å². The summed E-state index contributed by atoms with van der Waals surface area (Å²) in [6.45, 7) is 0.844. The Labute approximate surface area is 123 Å². The van der Waals surface area contributed by atoms with Gasteiger partial charge in [0.1, 0.15) is 10.8 Å². The van der Waals surface area contributed by atoms with Crippen LogP contribution in [0.15, 0.2) is 30.5 Å². The third-order valence-electron chi connectivity index (χ3n) is 3.83. The van der Waals surface area contributed by atoms with Crippen molar-refractivity contribution in [1.82, 2.24) is 10.3 Å². The maximum absolute atomic E-state index is 12.9. The second-order valence-corrected chi connectivity index (χ2v) is 6.46. The van der Waals surface area contributed by atoms with Crippen LogP contribution in [-0.4, -0.2) is 11.0 Å². The van der Waals surface area contributed by atoms with Gasteiger partial charge in [-0.3, -0.25) is 0 Å². The topological polar surface area (TPSA) is 24.9 Å². The van der Waals surface area contributed by atoms with E-state index in [1.165, 1.54) is 44.2 Å². The first kappa shape index (κ1) is 13.7. The SMILES string of the molecule is Fc1ccc(-c2cnc(CNC3CCCCC3)s2)cc1. The smallest absolute Gasteiger partial charge is 0.123 e. The van der Waals surface area contributed by atoms with Gasteiger partial charge in [0, 0.05) is 18.8 Å². The van der Waals surface area contributed by atoms with Crippen LogP contribution in [0.4, 0.5) is 4.39 Å². The largest absolute Gasteiger partial charge is 0.308 e. The summed E-state index contributed by atoms with van der Waals surface area (Å²) in [6, 6.07) is 7.26. The van der Waals surface area contributed by atoms with Gasteiger partial charge in [0.05, 0.1) is 4.88 Å². The zero-order valence-corrected chi connectivity index (χ0v) is 12.3. The van der Waals surface area contributed by atoms with Crippen molar-refractivity contribution in [2.75, 3.05) is 0 Å². The zero-order chi connectivity index (χ0) is 13.8. The lowest BCUT2D eigenvalue weighted by Crippen LogP contribution is -2.30. The lowest BCUT2D eigenvalue weighted by molar-refractivity contribution is 0.372. The molecule has 0 unspecified atom stereocenters. The number of nitrogens with zero attached hydrogens (tertiary/aromatic N) is 1. The number of aromatic nitrogens is 1. The van der Waals surface area contributed by atoms with E-state index in [2.05, 4.69) is 10.3 Å². The molecule has 0 amide bonds. The molecule has 4 heteroatoms. The number of hydrogen-bond donors (Lipinski definition) is 1. The fourth-order valence-electron chi connectivity index (χ4n) is 2.68. The molecule has 1 aromatic heterocycles. The molecule has 0 saturated heterocycles. The molecule has 1 heterocycles. The number of benzene rings is 1. The maximum atomic E-state index is 12.9. The second kappa shape index (κ2) is 6.46. The van der Waals surface area contributed by atoms with Crippen molar-refractivity contribution in [3.63, 3.8) is 0 Å². The Kier molecular flexibility index (Phi) is 4.43. The third-order valence-corrected chi connectivity index (χ3v) is 4.88. The van der Waals surface area contributed by atoms with Gasteiger partial charge in [-0.05, 0) is 30.5 Å². The molecule has 1 saturated carbocycles. The summed E-state index contributed by atoms with van der Waals surface area (Å²) in [6.07, 6.45) is 8.53. The highest BCUT2D eigenvalue weighted by molar-refractivity contribution is 7.15. The average Bonchev–Trinajstić information content (AvgIpc) is 2.96. The molecule has 1 N–H and O–H groups in total. The highest BCUT2D eigenvalue weighted by Crippen LogP contribution is 2.26. The molecular weight excluding hydrogens is 271 g/mol. The zero-order valence-electron chi connectivity index (χ0n) is 11.4. The van der Waals surface area contributed by atoms with Crippen LogP contribution in [0.1, 0.15) is 37.1 Å². The normalized spacial score (nSPS) is 16.4. The average molecular weight is 290 g/mol. The Morgan fingerprint density at radius 3 is 2.65 bits per heavy atom. The van der Waals surface area contributed by atoms with Crippen molar-refractivity contribution < 1.29 is 4.39 Å². The van der Waals surface area contributed by atoms with Gasteiger partial charge in [0.2, 0.25) is 0 Å². The predicted molar refractivity (Wildman–Crippen MR) is 81.2 cm³/mol. The number of thiazole rings is 1. The molecule has 0 atom stereocenters. The van der Waals surface area contributed by atoms with Crippen LogP contribution in [-0.2, 0) is 6.54 Å². The summed E-state index contributed by atoms with van der Waals surface area (Å²) in [7, 11) is 0. The summed E-state index contributed by atoms with van der Waals surface area (Å²) in [5, 5.41) is 4.71. The maximum Gasteiger partial charge on any atom is 0.123 e. The van der Waals surface area contributed by atoms with E-state index in [-0.39, 0.29) is 5.82 Å². The number of halogens is 1. The highest BCUT2D eigenvalue weighted by Gasteiger charge is 2.13. The van der Waals surface area contributed by atoms with Crippen LogP contribution >= 0.6 is 11.3 Å². The van der Waals surface area contributed by atoms with Crippen molar-refractivity contribution in [2.45, 2.75) is 44.7 Å². The summed E-state index contributed by atoms with van der Waals surface area (Å²) in [5.41, 5.74) is 1.04. The second-order valence-electron chi connectivity index (χ2n) is 5.34. The summed E-state index contributed by atoms with van der Waals surface area (Å²) in [5.74, 6) is -0.197. The van der Waals surface area contributed by atoms with E-state index in [1.807, 2.05) is 6.20 Å². The molecule has 0 radical (unpaired) electrons. The lowest BCUT2D eigenvalue weighted by Gasteiger charge is -2.22. The van der Waals surface area contributed by atoms with Crippen LogP contribution in [0.2, 0.25) is 0 Å². The summed E-state index contributed by atoms with van der Waals surface area (Å²) >= 11 is 1.68. The van der Waals surface area contributed by atoms with Gasteiger partial charge >= 0.3 is 0 Å². The molecule has 2 nitrogen and oxygen atoms in total. The van der Waals surface area contributed by atoms with Crippen molar-refractivity contribution in [2.24, 2.45) is 0 Å². The first-order valence-corrected chi connectivity index (χ1v) is 8.07. The van der Waals surface area contributed by atoms with Gasteiger partial charge in [0.15, 0.2) is 0 Å². The number of rotatable bonds is 4. The van der Waals surface area contributed by atoms with Crippen molar-refractivity contribution >= 4 is 11.3 Å². The van der Waals surface area contributed by atoms with Gasteiger partial charge < -0.3 is 5.32 Å². The van der Waals surface area contributed by atoms with E-state index < -0.39 is 0 Å². The molecule has 0 spiro atoms. The minimum atomic E-state index is -0.197. The van der Waals surface area contributed by atoms with Crippen LogP contribution in [0.3, 0.4) is 0 Å². The fourth-order valence-corrected chi connectivity index (χ4v) is 3.55. The summed E-state index contributed by atoms with van der Waals surface area (Å²) < 4.78 is 12.9. The predicted octanol–water partition coefficient (Wildman–Crippen LogP) is 4.37. The van der Waals surface area contributed by atoms with Gasteiger partial charge in [-0.2, -0.15) is 0 Å². The third kappa shape index (κ3) is 3.44. The minimum Gasteiger partial charge on any atom is -0.308 e. The Hall–Kier alpha value is -1.26. The molecule has 1 aliphatic rings. The van der Waals surface area contributed by atoms with E-state index in [9.17, 15) is 4.39 Å². The monoisotopic (exact) mass is 290 g/mol. The molecule has 0 bridgehead atoms. The number of hydrogen-bond acceptors (Lipinski definition) is 3. The van der Waals surface area contributed by atoms with Crippen LogP contribution < -0.4 is 5.32 Å². The standard InChI is InChI=1S/C16H19FN2S/c17-13-8-6-12(7-9-13)15-10-19-16(20-15)11-18-14-4-2-1-3-5-14/h6-10,14,18H,1-5,11H2. The van der Waals surface area contributed by atoms with E-state index in [1.54, 1.807) is 23.5 Å². The van der Waals surface area contributed by atoms with Gasteiger partial charge in [-0.25, -0.2) is 9.37 Å². The molecule has 106 valence electrons. The minimum absolute atomic E-state index is 0.197. The van der Waals surface area contributed by atoms with E-state index in [0.717, 1.165) is 22.0 Å². The highest BCUT2D eigenvalue weighted by atomic mass is 32.1. The molecule has 1 aliphatic carbocycles. The van der Waals surface area contributed by atoms with E-state index in [0.29, 0.717) is 6.04 Å². The molecule has 1 aromatic carbocycles. The van der Waals surface area contributed by atoms with E-state index >= 15 is 0 Å². The molecule has 20 heavy (non-hydrogen) atoms. The number of nitrogens with one attached hydrogen (secondary N) is 1. The Bertz CT molecular complexity index is 544. The van der Waals surface area contributed by atoms with E-state index in [4.69, 9.17) is 0 Å². The molecule has 2 aromatic rings. The summed E-state index contributed by atoms with van der Waals surface area (Å²) in [4.78, 5) is 5.56. The van der Waals surface area contributed by atoms with Gasteiger partial charge in [-0.15, -0.1) is 11.3 Å². The Balaban J connectivity index is 1.60. The molecular formula is C16H19FN2S. The molecule has 1 fully saturated rings. The fraction of sp³-hybridized carbons (Fsp3) is 0.438. The van der Waals surface area contributed by atoms with Crippen LogP contribution in [0.25, 0.3) is 10.4 Å². The van der Waals surface area contributed by atoms with Gasteiger partial charge in [0.25, 0.3) is 0 Å². The Morgan fingerprint density at radius 1 is 1.15 bits per heavy atom. The molecule has 3 rings (SSSR count). The first-order chi connectivity index (χ1) is 9.81. The quantitative estimate of drug-likeness (QED) is 0.904. The molecule has 0 aliphatic heterocycles. The van der Waals surface area contributed by atoms with Crippen LogP contribution in [0, 0.1) is 5.82 Å². The van der Waals surface area contributed by atoms with Crippen molar-refractivity contribution in [1.29, 1.82) is 0 Å².